The second-order valence-electron chi connectivity index (χ2n) is 3.61. The molecule has 1 saturated carbocycles. The van der Waals surface area contributed by atoms with Crippen LogP contribution in [0.25, 0.3) is 0 Å². The molecule has 1 aromatic rings. The average Bonchev–Trinajstić information content (AvgIpc) is 2.86. The van der Waals surface area contributed by atoms with E-state index >= 15 is 0 Å². The van der Waals surface area contributed by atoms with Gasteiger partial charge in [0.25, 0.3) is 5.91 Å². The molecular weight excluding hydrogens is 365 g/mol. The van der Waals surface area contributed by atoms with Crippen LogP contribution in [0.4, 0.5) is 0 Å². The van der Waals surface area contributed by atoms with Crippen LogP contribution in [0.1, 0.15) is 23.2 Å². The fourth-order valence-electron chi connectivity index (χ4n) is 1.25. The molecule has 6 heteroatoms. The van der Waals surface area contributed by atoms with Crippen molar-refractivity contribution in [3.8, 4) is 0 Å². The Morgan fingerprint density at radius 1 is 1.60 bits per heavy atom. The highest BCUT2D eigenvalue weighted by Gasteiger charge is 2.43. The third-order valence-electron chi connectivity index (χ3n) is 2.39. The van der Waals surface area contributed by atoms with Crippen molar-refractivity contribution in [3.63, 3.8) is 0 Å². The third-order valence-corrected chi connectivity index (χ3v) is 5.24. The van der Waals surface area contributed by atoms with E-state index in [2.05, 4.69) is 37.2 Å². The largest absolute Gasteiger partial charge is 0.345 e. The van der Waals surface area contributed by atoms with Gasteiger partial charge in [-0.15, -0.1) is 22.9 Å². The molecule has 2 rings (SSSR count). The number of halogens is 3. The van der Waals surface area contributed by atoms with Gasteiger partial charge in [-0.1, -0.05) is 0 Å². The molecule has 0 unspecified atom stereocenters. The summed E-state index contributed by atoms with van der Waals surface area (Å²) in [6.07, 6.45) is 1.95. The second kappa shape index (κ2) is 4.35. The highest BCUT2D eigenvalue weighted by Crippen LogP contribution is 2.38. The van der Waals surface area contributed by atoms with Crippen LogP contribution in [0.2, 0.25) is 0 Å². The molecule has 1 N–H and O–H groups in total. The Kier molecular flexibility index (Phi) is 3.45. The zero-order chi connectivity index (χ0) is 11.1. The molecular formula is C9H8Br2ClNOS. The normalized spacial score (nSPS) is 17.5. The quantitative estimate of drug-likeness (QED) is 0.803. The first-order valence-electron chi connectivity index (χ1n) is 4.40. The first kappa shape index (κ1) is 11.9. The predicted octanol–water partition coefficient (Wildman–Crippen LogP) is 3.77. The fourth-order valence-corrected chi connectivity index (χ4v) is 4.37. The Morgan fingerprint density at radius 3 is 2.67 bits per heavy atom. The van der Waals surface area contributed by atoms with Crippen molar-refractivity contribution in [3.05, 3.63) is 19.2 Å². The standard InChI is InChI=1S/C9H8Br2ClNOS/c10-6-3-5(7(11)15-6)8(14)13-9(4-12)1-2-9/h3H,1-2,4H2,(H,13,14). The van der Waals surface area contributed by atoms with Crippen LogP contribution in [0.15, 0.2) is 13.6 Å². The zero-order valence-corrected chi connectivity index (χ0v) is 12.4. The molecule has 0 bridgehead atoms. The summed E-state index contributed by atoms with van der Waals surface area (Å²) in [6.45, 7) is 0. The van der Waals surface area contributed by atoms with Crippen LogP contribution in [-0.4, -0.2) is 17.3 Å². The van der Waals surface area contributed by atoms with E-state index in [4.69, 9.17) is 11.6 Å². The lowest BCUT2D eigenvalue weighted by atomic mass is 10.2. The molecule has 1 fully saturated rings. The molecule has 0 radical (unpaired) electrons. The van der Waals surface area contributed by atoms with Crippen LogP contribution in [0.3, 0.4) is 0 Å². The highest BCUT2D eigenvalue weighted by molar-refractivity contribution is 9.12. The molecule has 1 aliphatic carbocycles. The van der Waals surface area contributed by atoms with Crippen LogP contribution in [0, 0.1) is 0 Å². The van der Waals surface area contributed by atoms with Crippen molar-refractivity contribution in [1.82, 2.24) is 5.32 Å². The summed E-state index contributed by atoms with van der Waals surface area (Å²) in [5, 5.41) is 2.97. The Balaban J connectivity index is 2.11. The number of rotatable bonds is 3. The van der Waals surface area contributed by atoms with Crippen molar-refractivity contribution < 1.29 is 4.79 Å². The van der Waals surface area contributed by atoms with Crippen LogP contribution >= 0.6 is 54.8 Å². The first-order chi connectivity index (χ1) is 7.06. The summed E-state index contributed by atoms with van der Waals surface area (Å²) < 4.78 is 1.78. The van der Waals surface area contributed by atoms with Crippen LogP contribution in [0.5, 0.6) is 0 Å². The third kappa shape index (κ3) is 2.57. The Hall–Kier alpha value is 0.420. The summed E-state index contributed by atoms with van der Waals surface area (Å²) in [5.41, 5.74) is 0.523. The Morgan fingerprint density at radius 2 is 2.27 bits per heavy atom. The van der Waals surface area contributed by atoms with E-state index in [9.17, 15) is 4.79 Å². The number of carbonyl (C=O) groups is 1. The van der Waals surface area contributed by atoms with Gasteiger partial charge in [0.2, 0.25) is 0 Å². The minimum Gasteiger partial charge on any atom is -0.345 e. The molecule has 1 aliphatic rings. The van der Waals surface area contributed by atoms with Gasteiger partial charge in [0.1, 0.15) is 0 Å². The van der Waals surface area contributed by atoms with E-state index < -0.39 is 0 Å². The molecule has 2 nitrogen and oxygen atoms in total. The summed E-state index contributed by atoms with van der Waals surface area (Å²) >= 11 is 14.0. The van der Waals surface area contributed by atoms with Crippen molar-refractivity contribution in [2.24, 2.45) is 0 Å². The number of hydrogen-bond acceptors (Lipinski definition) is 2. The number of thiophene rings is 1. The van der Waals surface area contributed by atoms with Gasteiger partial charge in [-0.25, -0.2) is 0 Å². The number of alkyl halides is 1. The number of nitrogens with one attached hydrogen (secondary N) is 1. The van der Waals surface area contributed by atoms with Gasteiger partial charge in [-0.2, -0.15) is 0 Å². The Labute approximate surface area is 114 Å². The first-order valence-corrected chi connectivity index (χ1v) is 7.33. The minimum atomic E-state index is -0.146. The van der Waals surface area contributed by atoms with Crippen LogP contribution in [-0.2, 0) is 0 Å². The van der Waals surface area contributed by atoms with Gasteiger partial charge in [0, 0.05) is 5.88 Å². The number of amides is 1. The van der Waals surface area contributed by atoms with Gasteiger partial charge in [-0.3, -0.25) is 4.79 Å². The molecule has 82 valence electrons. The van der Waals surface area contributed by atoms with E-state index in [1.54, 1.807) is 0 Å². The molecule has 1 amide bonds. The van der Waals surface area contributed by atoms with Crippen molar-refractivity contribution >= 4 is 60.7 Å². The number of carbonyl (C=O) groups excluding carboxylic acids is 1. The summed E-state index contributed by atoms with van der Waals surface area (Å²) in [5.74, 6) is 0.434. The predicted molar refractivity (Wildman–Crippen MR) is 69.9 cm³/mol. The lowest BCUT2D eigenvalue weighted by Crippen LogP contribution is -2.38. The minimum absolute atomic E-state index is 0.0537. The summed E-state index contributed by atoms with van der Waals surface area (Å²) in [6, 6.07) is 1.81. The number of hydrogen-bond donors (Lipinski definition) is 1. The molecule has 0 spiro atoms. The average molecular weight is 373 g/mol. The molecule has 0 saturated heterocycles. The van der Waals surface area contributed by atoms with E-state index in [1.165, 1.54) is 11.3 Å². The van der Waals surface area contributed by atoms with E-state index in [1.807, 2.05) is 6.07 Å². The zero-order valence-electron chi connectivity index (χ0n) is 7.65. The molecule has 0 aromatic carbocycles. The van der Waals surface area contributed by atoms with E-state index in [0.717, 1.165) is 20.4 Å². The maximum absolute atomic E-state index is 11.9. The molecule has 15 heavy (non-hydrogen) atoms. The van der Waals surface area contributed by atoms with Gasteiger partial charge >= 0.3 is 0 Å². The molecule has 1 heterocycles. The Bertz CT molecular complexity index is 403. The fraction of sp³-hybridized carbons (Fsp3) is 0.444. The molecule has 1 aromatic heterocycles. The highest BCUT2D eigenvalue weighted by atomic mass is 79.9. The van der Waals surface area contributed by atoms with Crippen molar-refractivity contribution in [2.75, 3.05) is 5.88 Å². The lowest BCUT2D eigenvalue weighted by Gasteiger charge is -2.13. The van der Waals surface area contributed by atoms with Gasteiger partial charge < -0.3 is 5.32 Å². The van der Waals surface area contributed by atoms with Gasteiger partial charge in [0.15, 0.2) is 0 Å². The smallest absolute Gasteiger partial charge is 0.253 e. The lowest BCUT2D eigenvalue weighted by molar-refractivity contribution is 0.0936. The second-order valence-corrected chi connectivity index (χ2v) is 7.62. The summed E-state index contributed by atoms with van der Waals surface area (Å²) in [4.78, 5) is 11.9. The monoisotopic (exact) mass is 371 g/mol. The van der Waals surface area contributed by atoms with E-state index in [-0.39, 0.29) is 11.4 Å². The van der Waals surface area contributed by atoms with E-state index in [0.29, 0.717) is 11.4 Å². The topological polar surface area (TPSA) is 29.1 Å². The van der Waals surface area contributed by atoms with Crippen LogP contribution < -0.4 is 5.32 Å². The van der Waals surface area contributed by atoms with Crippen molar-refractivity contribution in [1.29, 1.82) is 0 Å². The molecule has 0 aliphatic heterocycles. The van der Waals surface area contributed by atoms with Gasteiger partial charge in [0.05, 0.1) is 18.7 Å². The maximum atomic E-state index is 11.9. The molecule has 0 atom stereocenters. The van der Waals surface area contributed by atoms with Gasteiger partial charge in [-0.05, 0) is 50.8 Å². The summed E-state index contributed by atoms with van der Waals surface area (Å²) in [7, 11) is 0. The maximum Gasteiger partial charge on any atom is 0.253 e. The van der Waals surface area contributed by atoms with Crippen molar-refractivity contribution in [2.45, 2.75) is 18.4 Å². The SMILES string of the molecule is O=C(NC1(CCl)CC1)c1cc(Br)sc1Br.